The molecule has 1 amide bonds. The van der Waals surface area contributed by atoms with E-state index >= 15 is 0 Å². The highest BCUT2D eigenvalue weighted by Crippen LogP contribution is 2.20. The Hall–Kier alpha value is -2.40. The monoisotopic (exact) mass is 355 g/mol. The molecule has 0 aromatic heterocycles. The molecule has 1 heterocycles. The molecule has 2 aromatic carbocycles. The maximum Gasteiger partial charge on any atom is 0.251 e. The van der Waals surface area contributed by atoms with Crippen LogP contribution in [0.5, 0.6) is 0 Å². The van der Waals surface area contributed by atoms with Gasteiger partial charge in [-0.15, -0.1) is 0 Å². The third-order valence-electron chi connectivity index (χ3n) is 4.89. The normalized spacial score (nSPS) is 15.1. The van der Waals surface area contributed by atoms with Crippen LogP contribution in [0.15, 0.2) is 48.5 Å². The lowest BCUT2D eigenvalue weighted by Crippen LogP contribution is -2.47. The molecule has 0 spiro atoms. The lowest BCUT2D eigenvalue weighted by atomic mass is 10.1. The van der Waals surface area contributed by atoms with Gasteiger partial charge in [0.2, 0.25) is 0 Å². The summed E-state index contributed by atoms with van der Waals surface area (Å²) >= 11 is 0. The predicted octanol–water partition coefficient (Wildman–Crippen LogP) is 3.08. The minimum absolute atomic E-state index is 0.00697. The Bertz CT molecular complexity index is 742. The minimum atomic E-state index is -0.153. The van der Waals surface area contributed by atoms with Crippen LogP contribution in [0.1, 0.15) is 22.3 Å². The van der Waals surface area contributed by atoms with Crippen LogP contribution in [0.4, 0.5) is 10.1 Å². The van der Waals surface area contributed by atoms with E-state index < -0.39 is 0 Å². The van der Waals surface area contributed by atoms with Crippen molar-refractivity contribution in [1.29, 1.82) is 0 Å². The number of benzene rings is 2. The Morgan fingerprint density at radius 3 is 2.46 bits per heavy atom. The second kappa shape index (κ2) is 8.81. The molecule has 3 rings (SSSR count). The molecule has 0 bridgehead atoms. The highest BCUT2D eigenvalue weighted by molar-refractivity contribution is 5.95. The van der Waals surface area contributed by atoms with E-state index in [2.05, 4.69) is 15.1 Å². The Labute approximate surface area is 154 Å². The lowest BCUT2D eigenvalue weighted by molar-refractivity contribution is 0.0951. The number of anilines is 1. The van der Waals surface area contributed by atoms with Crippen LogP contribution in [0, 0.1) is 12.7 Å². The van der Waals surface area contributed by atoms with Gasteiger partial charge in [0.15, 0.2) is 0 Å². The van der Waals surface area contributed by atoms with Crippen LogP contribution in [0.25, 0.3) is 0 Å². The Balaban J connectivity index is 1.37. The summed E-state index contributed by atoms with van der Waals surface area (Å²) in [6.45, 7) is 7.05. The van der Waals surface area contributed by atoms with Crippen molar-refractivity contribution in [3.8, 4) is 0 Å². The van der Waals surface area contributed by atoms with E-state index in [0.717, 1.165) is 50.3 Å². The predicted molar refractivity (Wildman–Crippen MR) is 103 cm³/mol. The number of nitrogens with one attached hydrogen (secondary N) is 1. The summed E-state index contributed by atoms with van der Waals surface area (Å²) in [7, 11) is 0. The van der Waals surface area contributed by atoms with Crippen LogP contribution < -0.4 is 10.2 Å². The van der Waals surface area contributed by atoms with Crippen molar-refractivity contribution >= 4 is 11.6 Å². The van der Waals surface area contributed by atoms with Gasteiger partial charge in [-0.1, -0.05) is 30.3 Å². The molecule has 1 fully saturated rings. The Morgan fingerprint density at radius 1 is 1.04 bits per heavy atom. The number of para-hydroxylation sites is 1. The number of piperazine rings is 1. The van der Waals surface area contributed by atoms with Crippen molar-refractivity contribution in [2.24, 2.45) is 0 Å². The second-order valence-electron chi connectivity index (χ2n) is 6.70. The number of amides is 1. The molecule has 4 nitrogen and oxygen atoms in total. The highest BCUT2D eigenvalue weighted by atomic mass is 19.1. The molecule has 0 saturated carbocycles. The average Bonchev–Trinajstić information content (AvgIpc) is 2.66. The molecule has 1 aliphatic heterocycles. The number of halogens is 1. The summed E-state index contributed by atoms with van der Waals surface area (Å²) in [4.78, 5) is 16.7. The van der Waals surface area contributed by atoms with Gasteiger partial charge in [-0.3, -0.25) is 9.69 Å². The third kappa shape index (κ3) is 4.61. The van der Waals surface area contributed by atoms with Crippen LogP contribution in [0.2, 0.25) is 0 Å². The van der Waals surface area contributed by atoms with Crippen molar-refractivity contribution in [1.82, 2.24) is 10.2 Å². The van der Waals surface area contributed by atoms with Gasteiger partial charge >= 0.3 is 0 Å². The van der Waals surface area contributed by atoms with Crippen LogP contribution in [-0.2, 0) is 0 Å². The molecule has 2 aromatic rings. The fourth-order valence-electron chi connectivity index (χ4n) is 3.35. The van der Waals surface area contributed by atoms with Crippen molar-refractivity contribution in [2.45, 2.75) is 13.3 Å². The summed E-state index contributed by atoms with van der Waals surface area (Å²) in [6, 6.07) is 14.6. The number of carbonyl (C=O) groups excluding carboxylic acids is 1. The molecule has 1 aliphatic rings. The molecule has 1 N–H and O–H groups in total. The molecule has 1 saturated heterocycles. The van der Waals surface area contributed by atoms with Crippen molar-refractivity contribution in [2.75, 3.05) is 44.2 Å². The van der Waals surface area contributed by atoms with E-state index in [9.17, 15) is 9.18 Å². The second-order valence-corrected chi connectivity index (χ2v) is 6.70. The largest absolute Gasteiger partial charge is 0.367 e. The van der Waals surface area contributed by atoms with Crippen LogP contribution in [-0.4, -0.2) is 50.1 Å². The van der Waals surface area contributed by atoms with Crippen LogP contribution >= 0.6 is 0 Å². The number of aryl methyl sites for hydroxylation is 1. The van der Waals surface area contributed by atoms with E-state index in [1.165, 1.54) is 6.07 Å². The van der Waals surface area contributed by atoms with Gasteiger partial charge in [-0.2, -0.15) is 0 Å². The first-order valence-electron chi connectivity index (χ1n) is 9.21. The molecule has 0 aliphatic carbocycles. The summed E-state index contributed by atoms with van der Waals surface area (Å²) in [5.74, 6) is -0.160. The van der Waals surface area contributed by atoms with Crippen molar-refractivity contribution in [3.05, 3.63) is 65.5 Å². The van der Waals surface area contributed by atoms with Crippen LogP contribution in [0.3, 0.4) is 0 Å². The molecule has 5 heteroatoms. The van der Waals surface area contributed by atoms with E-state index in [4.69, 9.17) is 0 Å². The minimum Gasteiger partial charge on any atom is -0.367 e. The third-order valence-corrected chi connectivity index (χ3v) is 4.89. The molecular formula is C21H26FN3O. The van der Waals surface area contributed by atoms with Gasteiger partial charge in [0.05, 0.1) is 5.69 Å². The van der Waals surface area contributed by atoms with Gasteiger partial charge < -0.3 is 10.2 Å². The summed E-state index contributed by atoms with van der Waals surface area (Å²) in [5.41, 5.74) is 2.43. The van der Waals surface area contributed by atoms with E-state index in [1.807, 2.05) is 43.3 Å². The first-order valence-corrected chi connectivity index (χ1v) is 9.21. The lowest BCUT2D eigenvalue weighted by Gasteiger charge is -2.36. The maximum atomic E-state index is 13.9. The summed E-state index contributed by atoms with van der Waals surface area (Å²) in [5, 5.41) is 3.00. The quantitative estimate of drug-likeness (QED) is 0.809. The van der Waals surface area contributed by atoms with Gasteiger partial charge in [-0.05, 0) is 43.7 Å². The molecule has 0 unspecified atom stereocenters. The van der Waals surface area contributed by atoms with Crippen molar-refractivity contribution < 1.29 is 9.18 Å². The average molecular weight is 355 g/mol. The number of nitrogens with zero attached hydrogens (tertiary/aromatic N) is 2. The number of hydrogen-bond donors (Lipinski definition) is 1. The van der Waals surface area contributed by atoms with Gasteiger partial charge in [0.25, 0.3) is 5.91 Å². The number of rotatable bonds is 6. The first-order chi connectivity index (χ1) is 12.6. The van der Waals surface area contributed by atoms with E-state index in [0.29, 0.717) is 12.2 Å². The fourth-order valence-corrected chi connectivity index (χ4v) is 3.35. The standard InChI is InChI=1S/C21H26FN3O/c1-17-7-2-3-8-18(17)21(26)23-11-6-12-24-13-15-25(16-14-24)20-10-5-4-9-19(20)22/h2-5,7-10H,6,11-16H2,1H3,(H,23,26). The van der Waals surface area contributed by atoms with E-state index in [-0.39, 0.29) is 11.7 Å². The summed E-state index contributed by atoms with van der Waals surface area (Å²) in [6.07, 6.45) is 0.914. The Kier molecular flexibility index (Phi) is 6.23. The van der Waals surface area contributed by atoms with Crippen molar-refractivity contribution in [3.63, 3.8) is 0 Å². The molecule has 0 radical (unpaired) electrons. The molecule has 0 atom stereocenters. The highest BCUT2D eigenvalue weighted by Gasteiger charge is 2.18. The zero-order chi connectivity index (χ0) is 18.4. The number of carbonyl (C=O) groups is 1. The fraction of sp³-hybridized carbons (Fsp3) is 0.381. The zero-order valence-electron chi connectivity index (χ0n) is 15.2. The summed E-state index contributed by atoms with van der Waals surface area (Å²) < 4.78 is 13.9. The number of hydrogen-bond acceptors (Lipinski definition) is 3. The van der Waals surface area contributed by atoms with E-state index in [1.54, 1.807) is 6.07 Å². The van der Waals surface area contributed by atoms with Gasteiger partial charge in [0, 0.05) is 38.3 Å². The molecule has 138 valence electrons. The topological polar surface area (TPSA) is 35.6 Å². The SMILES string of the molecule is Cc1ccccc1C(=O)NCCCN1CCN(c2ccccc2F)CC1. The molecular weight excluding hydrogens is 329 g/mol. The van der Waals surface area contributed by atoms with Gasteiger partial charge in [0.1, 0.15) is 5.82 Å². The maximum absolute atomic E-state index is 13.9. The Morgan fingerprint density at radius 2 is 1.73 bits per heavy atom. The zero-order valence-corrected chi connectivity index (χ0v) is 15.2. The smallest absolute Gasteiger partial charge is 0.251 e. The van der Waals surface area contributed by atoms with Gasteiger partial charge in [-0.25, -0.2) is 4.39 Å². The molecule has 26 heavy (non-hydrogen) atoms. The first kappa shape index (κ1) is 18.4.